The van der Waals surface area contributed by atoms with E-state index >= 15 is 0 Å². The Hall–Kier alpha value is -3.55. The lowest BCUT2D eigenvalue weighted by Crippen LogP contribution is -2.19. The maximum atomic E-state index is 12.6. The van der Waals surface area contributed by atoms with Crippen LogP contribution in [0.1, 0.15) is 29.3 Å². The molecule has 3 rings (SSSR count). The van der Waals surface area contributed by atoms with Gasteiger partial charge in [-0.1, -0.05) is 0 Å². The molecule has 1 heterocycles. The molecule has 0 saturated carbocycles. The van der Waals surface area contributed by atoms with Gasteiger partial charge in [0.25, 0.3) is 5.91 Å². The summed E-state index contributed by atoms with van der Waals surface area (Å²) in [5.74, 6) is -0.911. The molecule has 0 spiro atoms. The fraction of sp³-hybridized carbons (Fsp3) is 0.250. The number of carbonyl (C=O) groups excluding carboxylic acids is 2. The number of aryl methyl sites for hydroxylation is 1. The summed E-state index contributed by atoms with van der Waals surface area (Å²) in [5, 5.41) is 14.4. The lowest BCUT2D eigenvalue weighted by atomic mass is 10.0. The first-order valence-corrected chi connectivity index (χ1v) is 8.82. The highest BCUT2D eigenvalue weighted by Gasteiger charge is 2.17. The van der Waals surface area contributed by atoms with Crippen LogP contribution >= 0.6 is 0 Å². The Morgan fingerprint density at radius 2 is 1.93 bits per heavy atom. The van der Waals surface area contributed by atoms with E-state index in [0.717, 1.165) is 11.3 Å². The zero-order chi connectivity index (χ0) is 20.1. The molecule has 0 aliphatic carbocycles. The first-order valence-electron chi connectivity index (χ1n) is 8.82. The predicted molar refractivity (Wildman–Crippen MR) is 102 cm³/mol. The summed E-state index contributed by atoms with van der Waals surface area (Å²) in [6, 6.07) is 9.86. The van der Waals surface area contributed by atoms with Crippen molar-refractivity contribution < 1.29 is 29.0 Å². The van der Waals surface area contributed by atoms with Gasteiger partial charge in [0, 0.05) is 23.4 Å². The van der Waals surface area contributed by atoms with E-state index in [2.05, 4.69) is 10.6 Å². The molecule has 0 aromatic heterocycles. The fourth-order valence-corrected chi connectivity index (χ4v) is 2.84. The van der Waals surface area contributed by atoms with Crippen LogP contribution in [0.4, 0.5) is 11.4 Å². The number of carboxylic acids is 1. The highest BCUT2D eigenvalue weighted by molar-refractivity contribution is 6.05. The first kappa shape index (κ1) is 19.2. The van der Waals surface area contributed by atoms with E-state index in [9.17, 15) is 14.4 Å². The van der Waals surface area contributed by atoms with Crippen molar-refractivity contribution in [1.29, 1.82) is 0 Å². The topological polar surface area (TPSA) is 114 Å². The summed E-state index contributed by atoms with van der Waals surface area (Å²) >= 11 is 0. The lowest BCUT2D eigenvalue weighted by Gasteiger charge is -2.18. The molecule has 0 fully saturated rings. The van der Waals surface area contributed by atoms with Gasteiger partial charge in [0.2, 0.25) is 5.91 Å². The van der Waals surface area contributed by atoms with Gasteiger partial charge in [-0.25, -0.2) is 4.79 Å². The molecule has 0 radical (unpaired) electrons. The third-order valence-electron chi connectivity index (χ3n) is 4.12. The number of nitrogens with one attached hydrogen (secondary N) is 2. The monoisotopic (exact) mass is 384 g/mol. The van der Waals surface area contributed by atoms with Crippen molar-refractivity contribution in [3.63, 3.8) is 0 Å². The van der Waals surface area contributed by atoms with Gasteiger partial charge in [-0.3, -0.25) is 9.59 Å². The normalized spacial score (nSPS) is 12.5. The summed E-state index contributed by atoms with van der Waals surface area (Å²) in [6.07, 6.45) is 1.04. The molecule has 8 nitrogen and oxygen atoms in total. The van der Waals surface area contributed by atoms with Crippen LogP contribution in [-0.2, 0) is 16.0 Å². The van der Waals surface area contributed by atoms with E-state index in [1.165, 1.54) is 18.2 Å². The van der Waals surface area contributed by atoms with Gasteiger partial charge in [-0.15, -0.1) is 0 Å². The fourth-order valence-electron chi connectivity index (χ4n) is 2.84. The number of hydrogen-bond donors (Lipinski definition) is 3. The Morgan fingerprint density at radius 1 is 1.11 bits per heavy atom. The molecule has 2 aromatic carbocycles. The molecule has 1 aliphatic heterocycles. The van der Waals surface area contributed by atoms with Crippen molar-refractivity contribution in [2.75, 3.05) is 23.8 Å². The van der Waals surface area contributed by atoms with E-state index in [0.29, 0.717) is 36.4 Å². The zero-order valence-electron chi connectivity index (χ0n) is 15.3. The number of ether oxygens (including phenoxy) is 2. The number of fused-ring (bicyclic) bond motifs is 1. The maximum absolute atomic E-state index is 12.6. The Balaban J connectivity index is 1.75. The van der Waals surface area contributed by atoms with Crippen molar-refractivity contribution in [2.45, 2.75) is 19.8 Å². The Kier molecular flexibility index (Phi) is 5.78. The highest BCUT2D eigenvalue weighted by atomic mass is 16.5. The highest BCUT2D eigenvalue weighted by Crippen LogP contribution is 2.30. The second kappa shape index (κ2) is 8.43. The summed E-state index contributed by atoms with van der Waals surface area (Å²) in [7, 11) is 0. The molecule has 0 saturated heterocycles. The second-order valence-electron chi connectivity index (χ2n) is 6.15. The molecule has 146 valence electrons. The van der Waals surface area contributed by atoms with Crippen LogP contribution < -0.4 is 20.1 Å². The number of aliphatic carboxylic acids is 1. The van der Waals surface area contributed by atoms with Crippen molar-refractivity contribution >= 4 is 29.2 Å². The van der Waals surface area contributed by atoms with Gasteiger partial charge >= 0.3 is 5.97 Å². The van der Waals surface area contributed by atoms with Crippen LogP contribution in [0, 0.1) is 0 Å². The van der Waals surface area contributed by atoms with Crippen LogP contribution in [-0.4, -0.2) is 36.1 Å². The molecule has 8 heteroatoms. The number of anilines is 2. The van der Waals surface area contributed by atoms with E-state index in [-0.39, 0.29) is 17.6 Å². The van der Waals surface area contributed by atoms with Gasteiger partial charge in [-0.05, 0) is 55.3 Å². The van der Waals surface area contributed by atoms with Crippen molar-refractivity contribution in [2.24, 2.45) is 0 Å². The minimum atomic E-state index is -1.10. The molecule has 1 aliphatic rings. The Morgan fingerprint density at radius 3 is 2.68 bits per heavy atom. The summed E-state index contributed by atoms with van der Waals surface area (Å²) < 4.78 is 10.6. The van der Waals surface area contributed by atoms with Crippen molar-refractivity contribution in [3.8, 4) is 11.5 Å². The molecule has 0 bridgehead atoms. The largest absolute Gasteiger partial charge is 0.490 e. The molecular formula is C20H20N2O6. The van der Waals surface area contributed by atoms with Crippen LogP contribution in [0.3, 0.4) is 0 Å². The number of benzene rings is 2. The zero-order valence-corrected chi connectivity index (χ0v) is 15.3. The molecule has 0 atom stereocenters. The van der Waals surface area contributed by atoms with Gasteiger partial charge < -0.3 is 25.2 Å². The van der Waals surface area contributed by atoms with E-state index < -0.39 is 12.6 Å². The minimum absolute atomic E-state index is 0.0158. The average Bonchev–Trinajstić information content (AvgIpc) is 2.67. The number of amides is 2. The van der Waals surface area contributed by atoms with E-state index in [4.69, 9.17) is 14.6 Å². The van der Waals surface area contributed by atoms with Gasteiger partial charge in [0.1, 0.15) is 0 Å². The summed E-state index contributed by atoms with van der Waals surface area (Å²) in [6.45, 7) is 1.61. The first-order chi connectivity index (χ1) is 13.5. The third kappa shape index (κ3) is 4.59. The SMILES string of the molecule is CCOc1cc(C(=O)Nc2ccc3c(c2)CCC(=O)N3)ccc1OCC(=O)O. The van der Waals surface area contributed by atoms with Crippen LogP contribution in [0.15, 0.2) is 36.4 Å². The standard InChI is InChI=1S/C20H20N2O6/c1-2-27-17-10-13(3-7-16(17)28-11-19(24)25)20(26)21-14-5-6-15-12(9-14)4-8-18(23)22-15/h3,5-7,9-10H,2,4,8,11H2,1H3,(H,21,26)(H,22,23)(H,24,25). The predicted octanol–water partition coefficient (Wildman–Crippen LogP) is 2.69. The summed E-state index contributed by atoms with van der Waals surface area (Å²) in [4.78, 5) is 34.7. The van der Waals surface area contributed by atoms with Crippen molar-refractivity contribution in [3.05, 3.63) is 47.5 Å². The van der Waals surface area contributed by atoms with E-state index in [1.54, 1.807) is 19.1 Å². The molecule has 0 unspecified atom stereocenters. The van der Waals surface area contributed by atoms with Crippen LogP contribution in [0.25, 0.3) is 0 Å². The molecular weight excluding hydrogens is 364 g/mol. The molecule has 3 N–H and O–H groups in total. The van der Waals surface area contributed by atoms with E-state index in [1.807, 2.05) is 6.07 Å². The average molecular weight is 384 g/mol. The van der Waals surface area contributed by atoms with Crippen molar-refractivity contribution in [1.82, 2.24) is 0 Å². The number of carbonyl (C=O) groups is 3. The third-order valence-corrected chi connectivity index (χ3v) is 4.12. The Bertz CT molecular complexity index is 925. The molecule has 2 amide bonds. The summed E-state index contributed by atoms with van der Waals surface area (Å²) in [5.41, 5.74) is 2.68. The smallest absolute Gasteiger partial charge is 0.341 e. The van der Waals surface area contributed by atoms with Gasteiger partial charge in [-0.2, -0.15) is 0 Å². The number of hydrogen-bond acceptors (Lipinski definition) is 5. The minimum Gasteiger partial charge on any atom is -0.490 e. The second-order valence-corrected chi connectivity index (χ2v) is 6.15. The number of rotatable bonds is 7. The number of carboxylic acid groups (broad SMARTS) is 1. The molecule has 28 heavy (non-hydrogen) atoms. The van der Waals surface area contributed by atoms with Gasteiger partial charge in [0.15, 0.2) is 18.1 Å². The molecule has 2 aromatic rings. The quantitative estimate of drug-likeness (QED) is 0.676. The van der Waals surface area contributed by atoms with Gasteiger partial charge in [0.05, 0.1) is 6.61 Å². The Labute approximate surface area is 161 Å². The lowest BCUT2D eigenvalue weighted by molar-refractivity contribution is -0.139. The van der Waals surface area contributed by atoms with Crippen LogP contribution in [0.2, 0.25) is 0 Å². The van der Waals surface area contributed by atoms with Crippen LogP contribution in [0.5, 0.6) is 11.5 Å². The maximum Gasteiger partial charge on any atom is 0.341 e.